The second-order valence-electron chi connectivity index (χ2n) is 2.87. The molecule has 0 radical (unpaired) electrons. The van der Waals surface area contributed by atoms with Gasteiger partial charge in [-0.15, -0.1) is 0 Å². The quantitative estimate of drug-likeness (QED) is 0.764. The van der Waals surface area contributed by atoms with Gasteiger partial charge >= 0.3 is 0 Å². The molecule has 0 saturated heterocycles. The highest BCUT2D eigenvalue weighted by Crippen LogP contribution is 2.25. The van der Waals surface area contributed by atoms with Crippen LogP contribution in [0.15, 0.2) is 45.7 Å². The van der Waals surface area contributed by atoms with Crippen LogP contribution >= 0.6 is 15.9 Å². The highest BCUT2D eigenvalue weighted by atomic mass is 79.9. The zero-order valence-electron chi connectivity index (χ0n) is 7.24. The lowest BCUT2D eigenvalue weighted by Gasteiger charge is -1.97. The minimum absolute atomic E-state index is 0.576. The molecule has 0 fully saturated rings. The average Bonchev–Trinajstić information content (AvgIpc) is 2.67. The zero-order chi connectivity index (χ0) is 9.97. The van der Waals surface area contributed by atoms with E-state index in [4.69, 9.17) is 4.42 Å². The van der Waals surface area contributed by atoms with Crippen molar-refractivity contribution in [1.29, 1.82) is 0 Å². The number of furan rings is 1. The molecular weight excluding hydrogens is 244 g/mol. The lowest BCUT2D eigenvalue weighted by molar-refractivity contribution is 0.112. The summed E-state index contributed by atoms with van der Waals surface area (Å²) >= 11 is 3.35. The zero-order valence-corrected chi connectivity index (χ0v) is 8.82. The lowest BCUT2D eigenvalue weighted by atomic mass is 10.1. The Morgan fingerprint density at radius 1 is 1.14 bits per heavy atom. The lowest BCUT2D eigenvalue weighted by Crippen LogP contribution is -1.80. The molecule has 2 aromatic rings. The second kappa shape index (κ2) is 3.80. The van der Waals surface area contributed by atoms with E-state index in [-0.39, 0.29) is 0 Å². The number of aldehydes is 1. The van der Waals surface area contributed by atoms with Crippen molar-refractivity contribution in [2.24, 2.45) is 0 Å². The first kappa shape index (κ1) is 9.21. The molecule has 3 heteroatoms. The predicted octanol–water partition coefficient (Wildman–Crippen LogP) is 3.52. The van der Waals surface area contributed by atoms with Gasteiger partial charge in [0, 0.05) is 10.0 Å². The Morgan fingerprint density at radius 2 is 1.86 bits per heavy atom. The van der Waals surface area contributed by atoms with E-state index < -0.39 is 0 Å². The van der Waals surface area contributed by atoms with Crippen LogP contribution in [-0.4, -0.2) is 6.29 Å². The predicted molar refractivity (Wildman–Crippen MR) is 57.2 cm³/mol. The van der Waals surface area contributed by atoms with Crippen LogP contribution in [-0.2, 0) is 0 Å². The first-order valence-electron chi connectivity index (χ1n) is 4.08. The smallest absolute Gasteiger partial charge is 0.153 e. The van der Waals surface area contributed by atoms with E-state index in [9.17, 15) is 4.79 Å². The van der Waals surface area contributed by atoms with E-state index >= 15 is 0 Å². The summed E-state index contributed by atoms with van der Waals surface area (Å²) in [6.07, 6.45) is 3.82. The van der Waals surface area contributed by atoms with Crippen LogP contribution in [0.1, 0.15) is 10.4 Å². The minimum atomic E-state index is 0.576. The van der Waals surface area contributed by atoms with Crippen LogP contribution in [0.4, 0.5) is 0 Å². The van der Waals surface area contributed by atoms with Crippen LogP contribution in [0.25, 0.3) is 11.1 Å². The first-order valence-corrected chi connectivity index (χ1v) is 4.88. The van der Waals surface area contributed by atoms with Crippen LogP contribution < -0.4 is 0 Å². The Morgan fingerprint density at radius 3 is 2.50 bits per heavy atom. The van der Waals surface area contributed by atoms with Crippen molar-refractivity contribution in [3.63, 3.8) is 0 Å². The Labute approximate surface area is 89.7 Å². The largest absolute Gasteiger partial charge is 0.471 e. The molecule has 1 aromatic heterocycles. The molecule has 0 bridgehead atoms. The highest BCUT2D eigenvalue weighted by Gasteiger charge is 2.06. The molecule has 0 aliphatic rings. The van der Waals surface area contributed by atoms with Gasteiger partial charge in [0.1, 0.15) is 6.26 Å². The third kappa shape index (κ3) is 1.63. The van der Waals surface area contributed by atoms with Crippen LogP contribution in [0.5, 0.6) is 0 Å². The van der Waals surface area contributed by atoms with Gasteiger partial charge in [0.2, 0.25) is 0 Å². The maximum atomic E-state index is 10.7. The van der Waals surface area contributed by atoms with Gasteiger partial charge in [-0.25, -0.2) is 0 Å². The number of halogens is 1. The summed E-state index contributed by atoms with van der Waals surface area (Å²) < 4.78 is 5.99. The molecule has 2 rings (SSSR count). The molecular formula is C11H7BrO2. The molecule has 0 amide bonds. The maximum Gasteiger partial charge on any atom is 0.153 e. The first-order chi connectivity index (χ1) is 6.81. The minimum Gasteiger partial charge on any atom is -0.471 e. The summed E-state index contributed by atoms with van der Waals surface area (Å²) in [7, 11) is 0. The van der Waals surface area contributed by atoms with E-state index in [0.717, 1.165) is 21.9 Å². The van der Waals surface area contributed by atoms with Crippen molar-refractivity contribution >= 4 is 22.2 Å². The fourth-order valence-corrected chi connectivity index (χ4v) is 1.53. The van der Waals surface area contributed by atoms with E-state index in [0.29, 0.717) is 5.56 Å². The monoisotopic (exact) mass is 250 g/mol. The molecule has 2 nitrogen and oxygen atoms in total. The SMILES string of the molecule is O=Cc1cocc1-c1ccc(Br)cc1. The summed E-state index contributed by atoms with van der Waals surface area (Å²) in [6.45, 7) is 0. The Bertz CT molecular complexity index is 443. The summed E-state index contributed by atoms with van der Waals surface area (Å²) in [5.74, 6) is 0. The van der Waals surface area contributed by atoms with Crippen molar-refractivity contribution < 1.29 is 9.21 Å². The van der Waals surface area contributed by atoms with Gasteiger partial charge in [0.15, 0.2) is 6.29 Å². The van der Waals surface area contributed by atoms with Gasteiger partial charge in [0.05, 0.1) is 11.8 Å². The fourth-order valence-electron chi connectivity index (χ4n) is 1.26. The van der Waals surface area contributed by atoms with Crippen molar-refractivity contribution in [1.82, 2.24) is 0 Å². The van der Waals surface area contributed by atoms with Gasteiger partial charge in [-0.05, 0) is 17.7 Å². The topological polar surface area (TPSA) is 30.2 Å². The van der Waals surface area contributed by atoms with Crippen molar-refractivity contribution in [2.75, 3.05) is 0 Å². The number of benzene rings is 1. The molecule has 0 aliphatic heterocycles. The number of carbonyl (C=O) groups excluding carboxylic acids is 1. The summed E-state index contributed by atoms with van der Waals surface area (Å²) in [5.41, 5.74) is 2.38. The number of hydrogen-bond donors (Lipinski definition) is 0. The van der Waals surface area contributed by atoms with Gasteiger partial charge in [-0.1, -0.05) is 28.1 Å². The molecule has 0 spiro atoms. The second-order valence-corrected chi connectivity index (χ2v) is 3.78. The Balaban J connectivity index is 2.49. The van der Waals surface area contributed by atoms with E-state index in [1.54, 1.807) is 6.26 Å². The molecule has 14 heavy (non-hydrogen) atoms. The third-order valence-corrected chi connectivity index (χ3v) is 2.50. The van der Waals surface area contributed by atoms with E-state index in [2.05, 4.69) is 15.9 Å². The Kier molecular flexibility index (Phi) is 2.50. The molecule has 0 aliphatic carbocycles. The van der Waals surface area contributed by atoms with Crippen LogP contribution in [0.3, 0.4) is 0 Å². The third-order valence-electron chi connectivity index (χ3n) is 1.97. The van der Waals surface area contributed by atoms with Crippen LogP contribution in [0, 0.1) is 0 Å². The molecule has 70 valence electrons. The molecule has 0 saturated carbocycles. The van der Waals surface area contributed by atoms with Gasteiger partial charge in [0.25, 0.3) is 0 Å². The molecule has 1 aromatic carbocycles. The maximum absolute atomic E-state index is 10.7. The molecule has 0 N–H and O–H groups in total. The van der Waals surface area contributed by atoms with Gasteiger partial charge in [-0.3, -0.25) is 4.79 Å². The Hall–Kier alpha value is -1.35. The number of carbonyl (C=O) groups is 1. The molecule has 0 atom stereocenters. The highest BCUT2D eigenvalue weighted by molar-refractivity contribution is 9.10. The molecule has 0 unspecified atom stereocenters. The van der Waals surface area contributed by atoms with E-state index in [1.165, 1.54) is 6.26 Å². The summed E-state index contributed by atoms with van der Waals surface area (Å²) in [6, 6.07) is 7.72. The number of rotatable bonds is 2. The summed E-state index contributed by atoms with van der Waals surface area (Å²) in [5, 5.41) is 0. The molecule has 1 heterocycles. The van der Waals surface area contributed by atoms with E-state index in [1.807, 2.05) is 24.3 Å². The fraction of sp³-hybridized carbons (Fsp3) is 0. The normalized spacial score (nSPS) is 10.1. The van der Waals surface area contributed by atoms with Crippen molar-refractivity contribution in [3.8, 4) is 11.1 Å². The summed E-state index contributed by atoms with van der Waals surface area (Å²) in [4.78, 5) is 10.7. The van der Waals surface area contributed by atoms with Gasteiger partial charge in [-0.2, -0.15) is 0 Å². The average molecular weight is 251 g/mol. The number of hydrogen-bond acceptors (Lipinski definition) is 2. The van der Waals surface area contributed by atoms with Crippen molar-refractivity contribution in [2.45, 2.75) is 0 Å². The van der Waals surface area contributed by atoms with Gasteiger partial charge < -0.3 is 4.42 Å². The van der Waals surface area contributed by atoms with Crippen molar-refractivity contribution in [3.05, 3.63) is 46.8 Å². The standard InChI is InChI=1S/C11H7BrO2/c12-10-3-1-8(2-4-10)11-7-14-6-9(11)5-13/h1-7H. The van der Waals surface area contributed by atoms with Crippen LogP contribution in [0.2, 0.25) is 0 Å².